The molecule has 2 N–H and O–H groups in total. The molecule has 6 rings (SSSR count). The molecule has 0 spiro atoms. The Kier molecular flexibility index (Phi) is 5.41. The van der Waals surface area contributed by atoms with Crippen LogP contribution in [0.15, 0.2) is 47.3 Å². The zero-order valence-corrected chi connectivity index (χ0v) is 20.1. The van der Waals surface area contributed by atoms with Gasteiger partial charge in [0.25, 0.3) is 0 Å². The van der Waals surface area contributed by atoms with Crippen LogP contribution in [0.25, 0.3) is 33.5 Å². The Hall–Kier alpha value is -3.12. The van der Waals surface area contributed by atoms with Crippen molar-refractivity contribution >= 4 is 11.0 Å². The van der Waals surface area contributed by atoms with E-state index < -0.39 is 0 Å². The minimum absolute atomic E-state index is 0.0953. The number of H-pyrrole nitrogens is 1. The van der Waals surface area contributed by atoms with Gasteiger partial charge in [0.2, 0.25) is 0 Å². The van der Waals surface area contributed by atoms with Crippen molar-refractivity contribution in [2.24, 2.45) is 7.05 Å². The SMILES string of the molecule is Cc1cccc(-c2nc(C3CCNCC3)[nH]c2-c2ccc3c(c2)n(C)c(=O)n3C2CCCC2)c1. The number of nitrogens with one attached hydrogen (secondary N) is 2. The molecule has 3 heterocycles. The van der Waals surface area contributed by atoms with Crippen LogP contribution in [0.4, 0.5) is 0 Å². The van der Waals surface area contributed by atoms with Crippen LogP contribution >= 0.6 is 0 Å². The van der Waals surface area contributed by atoms with Crippen LogP contribution in [-0.2, 0) is 7.05 Å². The van der Waals surface area contributed by atoms with Crippen LogP contribution in [0.5, 0.6) is 0 Å². The third kappa shape index (κ3) is 3.61. The second-order valence-electron chi connectivity index (χ2n) is 10.1. The molecule has 1 aliphatic carbocycles. The van der Waals surface area contributed by atoms with Crippen molar-refractivity contribution in [1.29, 1.82) is 0 Å². The van der Waals surface area contributed by atoms with E-state index in [-0.39, 0.29) is 5.69 Å². The molecule has 0 amide bonds. The molecule has 0 atom stereocenters. The molecule has 4 aromatic rings. The summed E-state index contributed by atoms with van der Waals surface area (Å²) in [5.41, 5.74) is 7.60. The van der Waals surface area contributed by atoms with Gasteiger partial charge in [0, 0.05) is 30.1 Å². The van der Waals surface area contributed by atoms with Crippen molar-refractivity contribution in [2.45, 2.75) is 57.4 Å². The van der Waals surface area contributed by atoms with E-state index in [4.69, 9.17) is 4.98 Å². The van der Waals surface area contributed by atoms with Gasteiger partial charge in [-0.3, -0.25) is 9.13 Å². The molecule has 34 heavy (non-hydrogen) atoms. The van der Waals surface area contributed by atoms with Crippen LogP contribution in [-0.4, -0.2) is 32.2 Å². The first-order valence-electron chi connectivity index (χ1n) is 12.7. The average Bonchev–Trinajstić information content (AvgIpc) is 3.59. The quantitative estimate of drug-likeness (QED) is 0.439. The average molecular weight is 456 g/mol. The maximum Gasteiger partial charge on any atom is 0.329 e. The number of imidazole rings is 2. The van der Waals surface area contributed by atoms with E-state index in [0.717, 1.165) is 78.1 Å². The molecule has 6 heteroatoms. The molecule has 0 bridgehead atoms. The summed E-state index contributed by atoms with van der Waals surface area (Å²) >= 11 is 0. The monoisotopic (exact) mass is 455 g/mol. The number of benzene rings is 2. The number of aromatic nitrogens is 4. The van der Waals surface area contributed by atoms with Gasteiger partial charge < -0.3 is 10.3 Å². The summed E-state index contributed by atoms with van der Waals surface area (Å²) in [6.45, 7) is 4.18. The summed E-state index contributed by atoms with van der Waals surface area (Å²) in [5.74, 6) is 1.51. The van der Waals surface area contributed by atoms with Gasteiger partial charge in [-0.1, -0.05) is 42.7 Å². The number of fused-ring (bicyclic) bond motifs is 1. The van der Waals surface area contributed by atoms with Gasteiger partial charge in [0.05, 0.1) is 22.4 Å². The lowest BCUT2D eigenvalue weighted by molar-refractivity contribution is 0.447. The highest BCUT2D eigenvalue weighted by molar-refractivity contribution is 5.86. The maximum atomic E-state index is 13.2. The lowest BCUT2D eigenvalue weighted by atomic mass is 9.97. The summed E-state index contributed by atoms with van der Waals surface area (Å²) < 4.78 is 3.84. The molecular weight excluding hydrogens is 422 g/mol. The van der Waals surface area contributed by atoms with Crippen LogP contribution < -0.4 is 11.0 Å². The van der Waals surface area contributed by atoms with Crippen LogP contribution in [0, 0.1) is 6.92 Å². The van der Waals surface area contributed by atoms with E-state index >= 15 is 0 Å². The summed E-state index contributed by atoms with van der Waals surface area (Å²) in [6, 6.07) is 15.4. The fraction of sp³-hybridized carbons (Fsp3) is 0.429. The Morgan fingerprint density at radius 1 is 0.941 bits per heavy atom. The number of hydrogen-bond donors (Lipinski definition) is 2. The van der Waals surface area contributed by atoms with Gasteiger partial charge in [-0.25, -0.2) is 9.78 Å². The Morgan fingerprint density at radius 3 is 2.50 bits per heavy atom. The number of hydrogen-bond acceptors (Lipinski definition) is 3. The van der Waals surface area contributed by atoms with Gasteiger partial charge in [0.15, 0.2) is 0 Å². The van der Waals surface area contributed by atoms with Gasteiger partial charge >= 0.3 is 5.69 Å². The van der Waals surface area contributed by atoms with Crippen LogP contribution in [0.3, 0.4) is 0 Å². The first-order valence-corrected chi connectivity index (χ1v) is 12.7. The zero-order valence-electron chi connectivity index (χ0n) is 20.1. The first-order chi connectivity index (χ1) is 16.6. The van der Waals surface area contributed by atoms with Crippen LogP contribution in [0.2, 0.25) is 0 Å². The second-order valence-corrected chi connectivity index (χ2v) is 10.1. The third-order valence-corrected chi connectivity index (χ3v) is 7.81. The van der Waals surface area contributed by atoms with Crippen molar-refractivity contribution in [2.75, 3.05) is 13.1 Å². The predicted molar refractivity (Wildman–Crippen MR) is 137 cm³/mol. The molecular formula is C28H33N5O. The summed E-state index contributed by atoms with van der Waals surface area (Å²) in [5, 5.41) is 3.46. The molecule has 0 unspecified atom stereocenters. The Morgan fingerprint density at radius 2 is 1.74 bits per heavy atom. The van der Waals surface area contributed by atoms with Crippen molar-refractivity contribution in [3.8, 4) is 22.5 Å². The number of aryl methyl sites for hydroxylation is 2. The molecule has 2 aliphatic rings. The highest BCUT2D eigenvalue weighted by atomic mass is 16.1. The lowest BCUT2D eigenvalue weighted by Crippen LogP contribution is -2.27. The van der Waals surface area contributed by atoms with Crippen molar-refractivity contribution in [1.82, 2.24) is 24.4 Å². The van der Waals surface area contributed by atoms with Crippen molar-refractivity contribution < 1.29 is 0 Å². The summed E-state index contributed by atoms with van der Waals surface area (Å²) in [7, 11) is 1.90. The molecule has 2 fully saturated rings. The van der Waals surface area contributed by atoms with E-state index in [1.807, 2.05) is 16.2 Å². The van der Waals surface area contributed by atoms with Crippen molar-refractivity contribution in [3.63, 3.8) is 0 Å². The zero-order chi connectivity index (χ0) is 23.2. The van der Waals surface area contributed by atoms with Gasteiger partial charge in [-0.15, -0.1) is 0 Å². The fourth-order valence-electron chi connectivity index (χ4n) is 5.92. The topological polar surface area (TPSA) is 67.6 Å². The molecule has 1 aliphatic heterocycles. The van der Waals surface area contributed by atoms with Gasteiger partial charge in [-0.2, -0.15) is 0 Å². The molecule has 0 radical (unpaired) electrons. The van der Waals surface area contributed by atoms with E-state index in [1.165, 1.54) is 18.4 Å². The maximum absolute atomic E-state index is 13.2. The largest absolute Gasteiger partial charge is 0.341 e. The highest BCUT2D eigenvalue weighted by Crippen LogP contribution is 2.36. The van der Waals surface area contributed by atoms with Gasteiger partial charge in [0.1, 0.15) is 5.82 Å². The number of aromatic amines is 1. The molecule has 2 aromatic carbocycles. The normalized spacial score (nSPS) is 17.7. The lowest BCUT2D eigenvalue weighted by Gasteiger charge is -2.20. The Bertz CT molecular complexity index is 1400. The molecule has 2 aromatic heterocycles. The fourth-order valence-corrected chi connectivity index (χ4v) is 5.92. The van der Waals surface area contributed by atoms with E-state index in [2.05, 4.69) is 59.7 Å². The number of piperidine rings is 1. The van der Waals surface area contributed by atoms with E-state index in [0.29, 0.717) is 12.0 Å². The summed E-state index contributed by atoms with van der Waals surface area (Å²) in [4.78, 5) is 22.0. The molecule has 1 saturated heterocycles. The minimum atomic E-state index is 0.0953. The molecule has 1 saturated carbocycles. The second kappa shape index (κ2) is 8.58. The first kappa shape index (κ1) is 21.4. The molecule has 176 valence electrons. The molecule has 6 nitrogen and oxygen atoms in total. The Balaban J connectivity index is 1.50. The number of rotatable bonds is 4. The van der Waals surface area contributed by atoms with Crippen molar-refractivity contribution in [3.05, 3.63) is 64.3 Å². The number of nitrogens with zero attached hydrogens (tertiary/aromatic N) is 3. The van der Waals surface area contributed by atoms with Crippen LogP contribution in [0.1, 0.15) is 61.9 Å². The van der Waals surface area contributed by atoms with E-state index in [1.54, 1.807) is 0 Å². The minimum Gasteiger partial charge on any atom is -0.341 e. The van der Waals surface area contributed by atoms with Gasteiger partial charge in [-0.05, 0) is 63.9 Å². The standard InChI is InChI=1S/C28H33N5O/c1-18-6-5-7-20(16-18)25-26(31-27(30-25)19-12-14-29-15-13-19)21-10-11-23-24(17-21)32(2)28(34)33(23)22-8-3-4-9-22/h5-7,10-11,16-17,19,22,29H,3-4,8-9,12-15H2,1-2H3,(H,30,31). The third-order valence-electron chi connectivity index (χ3n) is 7.81. The van der Waals surface area contributed by atoms with E-state index in [9.17, 15) is 4.79 Å². The Labute approximate surface area is 200 Å². The smallest absolute Gasteiger partial charge is 0.329 e. The predicted octanol–water partition coefficient (Wildman–Crippen LogP) is 5.29. The summed E-state index contributed by atoms with van der Waals surface area (Å²) in [6.07, 6.45) is 6.80. The highest BCUT2D eigenvalue weighted by Gasteiger charge is 2.25.